The third-order valence-corrected chi connectivity index (χ3v) is 5.23. The highest BCUT2D eigenvalue weighted by molar-refractivity contribution is 8.14. The number of amidine groups is 1. The predicted molar refractivity (Wildman–Crippen MR) is 108 cm³/mol. The van der Waals surface area contributed by atoms with Gasteiger partial charge >= 0.3 is 0 Å². The predicted octanol–water partition coefficient (Wildman–Crippen LogP) is 1.95. The van der Waals surface area contributed by atoms with Crippen LogP contribution in [0.2, 0.25) is 0 Å². The summed E-state index contributed by atoms with van der Waals surface area (Å²) in [6.07, 6.45) is 6.34. The van der Waals surface area contributed by atoms with E-state index in [1.807, 2.05) is 12.1 Å². The Kier molecular flexibility index (Phi) is 8.70. The van der Waals surface area contributed by atoms with Crippen molar-refractivity contribution in [2.45, 2.75) is 32.2 Å². The molecule has 146 valence electrons. The first-order chi connectivity index (χ1) is 12.5. The molecule has 0 atom stereocenters. The van der Waals surface area contributed by atoms with Crippen LogP contribution < -0.4 is 14.6 Å². The number of piperidine rings is 1. The van der Waals surface area contributed by atoms with Crippen molar-refractivity contribution in [3.05, 3.63) is 29.8 Å². The van der Waals surface area contributed by atoms with E-state index in [1.54, 1.807) is 6.26 Å². The van der Waals surface area contributed by atoms with Crippen molar-refractivity contribution >= 4 is 27.1 Å². The Bertz CT molecular complexity index is 689. The number of benzene rings is 1. The van der Waals surface area contributed by atoms with Crippen molar-refractivity contribution in [2.75, 3.05) is 32.5 Å². The topological polar surface area (TPSA) is 97.0 Å². The molecule has 0 radical (unpaired) electrons. The van der Waals surface area contributed by atoms with E-state index in [2.05, 4.69) is 26.7 Å². The van der Waals surface area contributed by atoms with Gasteiger partial charge in [0.15, 0.2) is 5.17 Å². The summed E-state index contributed by atoms with van der Waals surface area (Å²) in [5.74, 6) is 0.858. The summed E-state index contributed by atoms with van der Waals surface area (Å²) in [4.78, 5) is 6.66. The van der Waals surface area contributed by atoms with Crippen LogP contribution in [0.25, 0.3) is 0 Å². The first-order valence-corrected chi connectivity index (χ1v) is 11.6. The van der Waals surface area contributed by atoms with E-state index >= 15 is 0 Å². The van der Waals surface area contributed by atoms with Crippen LogP contribution in [0.4, 0.5) is 0 Å². The second-order valence-electron chi connectivity index (χ2n) is 6.22. The maximum absolute atomic E-state index is 11.0. The van der Waals surface area contributed by atoms with E-state index < -0.39 is 10.2 Å². The minimum absolute atomic E-state index is 0.288. The van der Waals surface area contributed by atoms with Crippen molar-refractivity contribution in [3.8, 4) is 5.75 Å². The maximum Gasteiger partial charge on any atom is 0.298 e. The van der Waals surface area contributed by atoms with Gasteiger partial charge in [-0.25, -0.2) is 9.86 Å². The van der Waals surface area contributed by atoms with E-state index in [0.717, 1.165) is 12.3 Å². The molecule has 3 N–H and O–H groups in total. The van der Waals surface area contributed by atoms with Gasteiger partial charge in [-0.1, -0.05) is 30.3 Å². The summed E-state index contributed by atoms with van der Waals surface area (Å²) in [5.41, 5.74) is 1.27. The molecule has 0 spiro atoms. The molecule has 0 amide bonds. The monoisotopic (exact) mass is 400 g/mol. The molecule has 9 heteroatoms. The van der Waals surface area contributed by atoms with Gasteiger partial charge in [-0.2, -0.15) is 8.42 Å². The van der Waals surface area contributed by atoms with E-state index in [0.29, 0.717) is 19.6 Å². The second-order valence-corrected chi connectivity index (χ2v) is 8.31. The number of ether oxygens (including phenoxy) is 1. The van der Waals surface area contributed by atoms with Gasteiger partial charge in [0.05, 0.1) is 6.61 Å². The van der Waals surface area contributed by atoms with Crippen LogP contribution in [0, 0.1) is 0 Å². The third kappa shape index (κ3) is 8.39. The average molecular weight is 401 g/mol. The lowest BCUT2D eigenvalue weighted by Gasteiger charge is -2.26. The number of thioether (sulfide) groups is 1. The SMILES string of the molecule is CSC(=NCCCOc1cccc(CN2CCCCC2)c1)NS(N)(=O)=O. The van der Waals surface area contributed by atoms with Crippen LogP contribution >= 0.6 is 11.8 Å². The normalized spacial score (nSPS) is 16.5. The molecule has 1 fully saturated rings. The van der Waals surface area contributed by atoms with Crippen molar-refractivity contribution in [2.24, 2.45) is 10.1 Å². The number of hydrogen-bond acceptors (Lipinski definition) is 6. The van der Waals surface area contributed by atoms with Crippen LogP contribution in [-0.2, 0) is 16.8 Å². The van der Waals surface area contributed by atoms with Crippen molar-refractivity contribution in [1.82, 2.24) is 9.62 Å². The van der Waals surface area contributed by atoms with Gasteiger partial charge in [0.1, 0.15) is 5.75 Å². The molecule has 0 aromatic heterocycles. The van der Waals surface area contributed by atoms with Crippen LogP contribution in [0.15, 0.2) is 29.3 Å². The highest BCUT2D eigenvalue weighted by Gasteiger charge is 2.10. The highest BCUT2D eigenvalue weighted by Crippen LogP contribution is 2.17. The molecule has 1 aliphatic heterocycles. The zero-order valence-corrected chi connectivity index (χ0v) is 16.8. The Morgan fingerprint density at radius 2 is 2.12 bits per heavy atom. The van der Waals surface area contributed by atoms with E-state index in [-0.39, 0.29) is 5.17 Å². The lowest BCUT2D eigenvalue weighted by atomic mass is 10.1. The summed E-state index contributed by atoms with van der Waals surface area (Å²) < 4.78 is 30.0. The largest absolute Gasteiger partial charge is 0.494 e. The molecule has 1 heterocycles. The number of likely N-dealkylation sites (tertiary alicyclic amines) is 1. The molecular formula is C17H28N4O3S2. The molecule has 26 heavy (non-hydrogen) atoms. The lowest BCUT2D eigenvalue weighted by molar-refractivity contribution is 0.220. The van der Waals surface area contributed by atoms with Gasteiger partial charge in [0.2, 0.25) is 0 Å². The number of aliphatic imine (C=N–C) groups is 1. The third-order valence-electron chi connectivity index (χ3n) is 4.00. The standard InChI is InChI=1S/C17H28N4O3S2/c1-25-17(20-26(18,22)23)19-9-6-12-24-16-8-5-7-15(13-16)14-21-10-3-2-4-11-21/h5,7-8,13H,2-4,6,9-12,14H2,1H3,(H,19,20)(H2,18,22,23). The Morgan fingerprint density at radius 3 is 2.81 bits per heavy atom. The Hall–Kier alpha value is -1.29. The Balaban J connectivity index is 1.74. The lowest BCUT2D eigenvalue weighted by Crippen LogP contribution is -2.34. The zero-order valence-electron chi connectivity index (χ0n) is 15.2. The molecule has 1 aliphatic rings. The highest BCUT2D eigenvalue weighted by atomic mass is 32.2. The van der Waals surface area contributed by atoms with Crippen LogP contribution in [-0.4, -0.2) is 51.0 Å². The molecule has 7 nitrogen and oxygen atoms in total. The fourth-order valence-corrected chi connectivity index (χ4v) is 4.01. The average Bonchev–Trinajstić information content (AvgIpc) is 2.60. The number of nitrogens with zero attached hydrogens (tertiary/aromatic N) is 2. The van der Waals surface area contributed by atoms with E-state index in [9.17, 15) is 8.42 Å². The van der Waals surface area contributed by atoms with Crippen molar-refractivity contribution in [1.29, 1.82) is 0 Å². The maximum atomic E-state index is 11.0. The summed E-state index contributed by atoms with van der Waals surface area (Å²) >= 11 is 1.20. The minimum atomic E-state index is -3.78. The second kappa shape index (κ2) is 10.8. The smallest absolute Gasteiger partial charge is 0.298 e. The quantitative estimate of drug-likeness (QED) is 0.395. The number of hydrogen-bond donors (Lipinski definition) is 2. The first-order valence-electron chi connectivity index (χ1n) is 8.79. The molecule has 1 saturated heterocycles. The van der Waals surface area contributed by atoms with Gasteiger partial charge < -0.3 is 4.74 Å². The van der Waals surface area contributed by atoms with Gasteiger partial charge in [0.25, 0.3) is 10.2 Å². The van der Waals surface area contributed by atoms with Crippen molar-refractivity contribution in [3.63, 3.8) is 0 Å². The number of rotatable bonds is 8. The van der Waals surface area contributed by atoms with Gasteiger partial charge in [-0.05, 0) is 49.9 Å². The molecule has 2 rings (SSSR count). The van der Waals surface area contributed by atoms with Gasteiger partial charge in [0, 0.05) is 19.5 Å². The Morgan fingerprint density at radius 1 is 1.35 bits per heavy atom. The van der Waals surface area contributed by atoms with Crippen molar-refractivity contribution < 1.29 is 13.2 Å². The summed E-state index contributed by atoms with van der Waals surface area (Å²) in [6, 6.07) is 8.21. The zero-order chi connectivity index (χ0) is 18.8. The Labute approximate surface area is 160 Å². The fraction of sp³-hybridized carbons (Fsp3) is 0.588. The molecule has 0 bridgehead atoms. The fourth-order valence-electron chi connectivity index (χ4n) is 2.80. The number of nitrogens with two attached hydrogens (primary N) is 1. The number of nitrogens with one attached hydrogen (secondary N) is 1. The molecular weight excluding hydrogens is 372 g/mol. The molecule has 1 aromatic rings. The molecule has 0 saturated carbocycles. The van der Waals surface area contributed by atoms with Gasteiger partial charge in [-0.3, -0.25) is 9.89 Å². The first kappa shape index (κ1) is 21.0. The summed E-state index contributed by atoms with van der Waals surface area (Å²) in [6.45, 7) is 4.30. The van der Waals surface area contributed by atoms with E-state index in [1.165, 1.54) is 49.7 Å². The van der Waals surface area contributed by atoms with Gasteiger partial charge in [-0.15, -0.1) is 0 Å². The minimum Gasteiger partial charge on any atom is -0.494 e. The van der Waals surface area contributed by atoms with E-state index in [4.69, 9.17) is 9.88 Å². The summed E-state index contributed by atoms with van der Waals surface area (Å²) in [5, 5.41) is 5.23. The molecule has 0 aliphatic carbocycles. The summed E-state index contributed by atoms with van der Waals surface area (Å²) in [7, 11) is -3.78. The molecule has 1 aromatic carbocycles. The molecule has 0 unspecified atom stereocenters. The van der Waals surface area contributed by atoms with Crippen LogP contribution in [0.5, 0.6) is 5.75 Å². The van der Waals surface area contributed by atoms with Crippen LogP contribution in [0.1, 0.15) is 31.2 Å². The van der Waals surface area contributed by atoms with Crippen LogP contribution in [0.3, 0.4) is 0 Å².